The number of hydrogen-bond donors (Lipinski definition) is 2. The zero-order chi connectivity index (χ0) is 18.2. The molecule has 138 valence electrons. The van der Waals surface area contributed by atoms with Crippen molar-refractivity contribution in [3.63, 3.8) is 0 Å². The van der Waals surface area contributed by atoms with Crippen molar-refractivity contribution >= 4 is 17.5 Å². The fraction of sp³-hybridized carbons (Fsp3) is 0.556. The number of carbonyl (C=O) groups is 2. The van der Waals surface area contributed by atoms with Crippen molar-refractivity contribution in [1.29, 1.82) is 0 Å². The first kappa shape index (κ1) is 19.2. The van der Waals surface area contributed by atoms with Gasteiger partial charge in [-0.3, -0.25) is 9.59 Å². The molecule has 0 spiro atoms. The quantitative estimate of drug-likeness (QED) is 0.585. The molecule has 2 rings (SSSR count). The molecular weight excluding hydrogens is 320 g/mol. The molecule has 1 aromatic rings. The number of hydrogen-bond acceptors (Lipinski definition) is 5. The summed E-state index contributed by atoms with van der Waals surface area (Å²) in [7, 11) is 3.72. The van der Waals surface area contributed by atoms with Crippen molar-refractivity contribution in [1.82, 2.24) is 15.1 Å². The van der Waals surface area contributed by atoms with E-state index in [2.05, 4.69) is 27.5 Å². The highest BCUT2D eigenvalue weighted by molar-refractivity contribution is 6.39. The summed E-state index contributed by atoms with van der Waals surface area (Å²) in [5.41, 5.74) is 1.48. The second-order valence-corrected chi connectivity index (χ2v) is 6.39. The molecule has 0 aliphatic carbocycles. The predicted molar refractivity (Wildman–Crippen MR) is 97.9 cm³/mol. The molecule has 1 aliphatic heterocycles. The van der Waals surface area contributed by atoms with Gasteiger partial charge in [-0.05, 0) is 50.7 Å². The minimum atomic E-state index is -0.649. The van der Waals surface area contributed by atoms with Crippen molar-refractivity contribution in [2.45, 2.75) is 13.3 Å². The van der Waals surface area contributed by atoms with Crippen molar-refractivity contribution in [2.24, 2.45) is 0 Å². The molecule has 0 unspecified atom stereocenters. The standard InChI is InChI=1S/C18H28N4O3/c1-14-13-15(5-6-16(14)25-3)20-18(24)17(23)19-7-4-8-22-11-9-21(2)10-12-22/h5-6,13H,4,7-12H2,1-3H3,(H,19,23)(H,20,24). The molecule has 0 aromatic heterocycles. The smallest absolute Gasteiger partial charge is 0.313 e. The zero-order valence-electron chi connectivity index (χ0n) is 15.3. The van der Waals surface area contributed by atoms with Gasteiger partial charge in [0, 0.05) is 38.4 Å². The topological polar surface area (TPSA) is 73.9 Å². The maximum atomic E-state index is 11.9. The van der Waals surface area contributed by atoms with Gasteiger partial charge in [0.15, 0.2) is 0 Å². The molecule has 25 heavy (non-hydrogen) atoms. The number of piperazine rings is 1. The average molecular weight is 348 g/mol. The van der Waals surface area contributed by atoms with E-state index in [-0.39, 0.29) is 0 Å². The van der Waals surface area contributed by atoms with Crippen LogP contribution in [0, 0.1) is 6.92 Å². The van der Waals surface area contributed by atoms with Crippen LogP contribution in [0.3, 0.4) is 0 Å². The highest BCUT2D eigenvalue weighted by Gasteiger charge is 2.15. The lowest BCUT2D eigenvalue weighted by atomic mass is 10.2. The minimum absolute atomic E-state index is 0.500. The Morgan fingerprint density at radius 2 is 1.88 bits per heavy atom. The van der Waals surface area contributed by atoms with Crippen LogP contribution in [0.5, 0.6) is 5.75 Å². The van der Waals surface area contributed by atoms with E-state index in [0.29, 0.717) is 12.2 Å². The molecule has 1 heterocycles. The summed E-state index contributed by atoms with van der Waals surface area (Å²) in [6.07, 6.45) is 0.838. The van der Waals surface area contributed by atoms with Gasteiger partial charge in [-0.15, -0.1) is 0 Å². The first-order valence-corrected chi connectivity index (χ1v) is 8.64. The highest BCUT2D eigenvalue weighted by atomic mass is 16.5. The van der Waals surface area contributed by atoms with E-state index in [0.717, 1.165) is 50.5 Å². The van der Waals surface area contributed by atoms with Crippen molar-refractivity contribution in [3.05, 3.63) is 23.8 Å². The van der Waals surface area contributed by atoms with Crippen LogP contribution in [0.1, 0.15) is 12.0 Å². The number of methoxy groups -OCH3 is 1. The Labute approximate surface area is 149 Å². The van der Waals surface area contributed by atoms with Gasteiger partial charge < -0.3 is 25.2 Å². The van der Waals surface area contributed by atoms with Gasteiger partial charge in [0.05, 0.1) is 7.11 Å². The first-order valence-electron chi connectivity index (χ1n) is 8.64. The zero-order valence-corrected chi connectivity index (χ0v) is 15.3. The summed E-state index contributed by atoms with van der Waals surface area (Å²) in [4.78, 5) is 28.5. The van der Waals surface area contributed by atoms with Crippen LogP contribution in [0.4, 0.5) is 5.69 Å². The van der Waals surface area contributed by atoms with Gasteiger partial charge in [-0.1, -0.05) is 0 Å². The van der Waals surface area contributed by atoms with E-state index < -0.39 is 11.8 Å². The lowest BCUT2D eigenvalue weighted by molar-refractivity contribution is -0.136. The van der Waals surface area contributed by atoms with E-state index in [1.54, 1.807) is 25.3 Å². The molecule has 7 heteroatoms. The fourth-order valence-corrected chi connectivity index (χ4v) is 2.80. The summed E-state index contributed by atoms with van der Waals surface area (Å²) >= 11 is 0. The van der Waals surface area contributed by atoms with Crippen molar-refractivity contribution in [2.75, 3.05) is 58.7 Å². The third-order valence-electron chi connectivity index (χ3n) is 4.39. The van der Waals surface area contributed by atoms with Crippen LogP contribution < -0.4 is 15.4 Å². The number of benzene rings is 1. The van der Waals surface area contributed by atoms with Gasteiger partial charge in [-0.2, -0.15) is 0 Å². The molecule has 0 atom stereocenters. The van der Waals surface area contributed by atoms with Crippen LogP contribution >= 0.6 is 0 Å². The number of anilines is 1. The number of amides is 2. The van der Waals surface area contributed by atoms with Crippen molar-refractivity contribution in [3.8, 4) is 5.75 Å². The molecule has 7 nitrogen and oxygen atoms in total. The normalized spacial score (nSPS) is 15.6. The average Bonchev–Trinajstić information content (AvgIpc) is 2.60. The number of ether oxygens (including phenoxy) is 1. The Balaban J connectivity index is 1.68. The monoisotopic (exact) mass is 348 g/mol. The molecule has 1 aromatic carbocycles. The molecule has 1 aliphatic rings. The number of rotatable bonds is 6. The van der Waals surface area contributed by atoms with Crippen LogP contribution in [0.15, 0.2) is 18.2 Å². The van der Waals surface area contributed by atoms with E-state index in [1.165, 1.54) is 0 Å². The third kappa shape index (κ3) is 6.03. The Morgan fingerprint density at radius 3 is 2.52 bits per heavy atom. The van der Waals surface area contributed by atoms with E-state index in [4.69, 9.17) is 4.74 Å². The number of likely N-dealkylation sites (N-methyl/N-ethyl adjacent to an activating group) is 1. The summed E-state index contributed by atoms with van der Waals surface area (Å²) < 4.78 is 5.18. The van der Waals surface area contributed by atoms with Gasteiger partial charge in [0.2, 0.25) is 0 Å². The SMILES string of the molecule is COc1ccc(NC(=O)C(=O)NCCCN2CCN(C)CC2)cc1C. The Kier molecular flexibility index (Phi) is 7.21. The summed E-state index contributed by atoms with van der Waals surface area (Å²) in [5.74, 6) is -0.512. The van der Waals surface area contributed by atoms with Crippen LogP contribution in [-0.2, 0) is 9.59 Å². The minimum Gasteiger partial charge on any atom is -0.496 e. The number of nitrogens with one attached hydrogen (secondary N) is 2. The summed E-state index contributed by atoms with van der Waals surface area (Å²) in [6.45, 7) is 7.59. The Bertz CT molecular complexity index is 598. The maximum Gasteiger partial charge on any atom is 0.313 e. The molecule has 0 bridgehead atoms. The van der Waals surface area contributed by atoms with Gasteiger partial charge >= 0.3 is 11.8 Å². The lowest BCUT2D eigenvalue weighted by Crippen LogP contribution is -2.45. The summed E-state index contributed by atoms with van der Waals surface area (Å²) in [6, 6.07) is 5.25. The molecule has 2 amide bonds. The second kappa shape index (κ2) is 9.39. The van der Waals surface area contributed by atoms with Crippen LogP contribution in [0.2, 0.25) is 0 Å². The molecule has 0 saturated carbocycles. The van der Waals surface area contributed by atoms with E-state index in [9.17, 15) is 9.59 Å². The van der Waals surface area contributed by atoms with Gasteiger partial charge in [0.25, 0.3) is 0 Å². The molecule has 1 fully saturated rings. The van der Waals surface area contributed by atoms with Crippen LogP contribution in [-0.4, -0.2) is 75.0 Å². The molecule has 2 N–H and O–H groups in total. The maximum absolute atomic E-state index is 11.9. The van der Waals surface area contributed by atoms with E-state index >= 15 is 0 Å². The Morgan fingerprint density at radius 1 is 1.16 bits per heavy atom. The molecular formula is C18H28N4O3. The number of aryl methyl sites for hydroxylation is 1. The lowest BCUT2D eigenvalue weighted by Gasteiger charge is -2.32. The predicted octanol–water partition coefficient (Wildman–Crippen LogP) is 0.696. The number of carbonyl (C=O) groups excluding carboxylic acids is 2. The van der Waals surface area contributed by atoms with E-state index in [1.807, 2.05) is 6.92 Å². The third-order valence-corrected chi connectivity index (χ3v) is 4.39. The largest absolute Gasteiger partial charge is 0.496 e. The molecule has 1 saturated heterocycles. The van der Waals surface area contributed by atoms with Crippen molar-refractivity contribution < 1.29 is 14.3 Å². The fourth-order valence-electron chi connectivity index (χ4n) is 2.80. The summed E-state index contributed by atoms with van der Waals surface area (Å²) in [5, 5.41) is 5.28. The van der Waals surface area contributed by atoms with Gasteiger partial charge in [0.1, 0.15) is 5.75 Å². The highest BCUT2D eigenvalue weighted by Crippen LogP contribution is 2.21. The van der Waals surface area contributed by atoms with Gasteiger partial charge in [-0.25, -0.2) is 0 Å². The first-order chi connectivity index (χ1) is 12.0. The van der Waals surface area contributed by atoms with Crippen LogP contribution in [0.25, 0.3) is 0 Å². The Hall–Kier alpha value is -2.12. The number of nitrogens with zero attached hydrogens (tertiary/aromatic N) is 2. The second-order valence-electron chi connectivity index (χ2n) is 6.39. The molecule has 0 radical (unpaired) electrons.